The van der Waals surface area contributed by atoms with Gasteiger partial charge in [0.25, 0.3) is 0 Å². The first kappa shape index (κ1) is 13.1. The molecular formula is C16H21NO. The molecule has 0 saturated heterocycles. The lowest BCUT2D eigenvalue weighted by atomic mass is 9.82. The van der Waals surface area contributed by atoms with E-state index in [0.717, 1.165) is 18.6 Å². The molecule has 1 aromatic carbocycles. The van der Waals surface area contributed by atoms with Gasteiger partial charge in [0.05, 0.1) is 17.7 Å². The predicted molar refractivity (Wildman–Crippen MR) is 72.4 cm³/mol. The first-order chi connectivity index (χ1) is 8.83. The molecule has 0 aromatic heterocycles. The maximum atomic E-state index is 8.79. The molecule has 0 heterocycles. The number of hydrogen-bond acceptors (Lipinski definition) is 2. The predicted octanol–water partition coefficient (Wildman–Crippen LogP) is 4.01. The molecular weight excluding hydrogens is 222 g/mol. The van der Waals surface area contributed by atoms with Crippen LogP contribution >= 0.6 is 0 Å². The van der Waals surface area contributed by atoms with Crippen LogP contribution in [0.3, 0.4) is 0 Å². The van der Waals surface area contributed by atoms with E-state index in [9.17, 15) is 0 Å². The molecule has 1 aliphatic carbocycles. The van der Waals surface area contributed by atoms with Crippen LogP contribution in [0.4, 0.5) is 0 Å². The molecule has 0 aliphatic heterocycles. The van der Waals surface area contributed by atoms with Crippen LogP contribution in [0.5, 0.6) is 0 Å². The van der Waals surface area contributed by atoms with Crippen molar-refractivity contribution in [2.45, 2.75) is 51.0 Å². The fraction of sp³-hybridized carbons (Fsp3) is 0.562. The van der Waals surface area contributed by atoms with Crippen LogP contribution in [0.2, 0.25) is 0 Å². The molecule has 1 aliphatic rings. The lowest BCUT2D eigenvalue weighted by molar-refractivity contribution is 0.0251. The van der Waals surface area contributed by atoms with Gasteiger partial charge in [-0.2, -0.15) is 5.26 Å². The van der Waals surface area contributed by atoms with Crippen LogP contribution in [-0.4, -0.2) is 12.7 Å². The summed E-state index contributed by atoms with van der Waals surface area (Å²) in [5.74, 6) is 0.652. The zero-order valence-corrected chi connectivity index (χ0v) is 11.1. The van der Waals surface area contributed by atoms with E-state index in [1.165, 1.54) is 31.2 Å². The van der Waals surface area contributed by atoms with Gasteiger partial charge >= 0.3 is 0 Å². The van der Waals surface area contributed by atoms with E-state index in [2.05, 4.69) is 25.1 Å². The number of ether oxygens (including phenoxy) is 1. The van der Waals surface area contributed by atoms with Crippen LogP contribution in [0.15, 0.2) is 24.3 Å². The average molecular weight is 243 g/mol. The van der Waals surface area contributed by atoms with Crippen molar-refractivity contribution in [3.8, 4) is 6.07 Å². The molecule has 2 heteroatoms. The Balaban J connectivity index is 1.87. The van der Waals surface area contributed by atoms with Gasteiger partial charge in [0.1, 0.15) is 0 Å². The monoisotopic (exact) mass is 243 g/mol. The Morgan fingerprint density at radius 3 is 2.39 bits per heavy atom. The number of nitriles is 1. The lowest BCUT2D eigenvalue weighted by Crippen LogP contribution is -2.21. The van der Waals surface area contributed by atoms with Gasteiger partial charge < -0.3 is 4.74 Å². The third-order valence-corrected chi connectivity index (χ3v) is 3.74. The van der Waals surface area contributed by atoms with E-state index in [0.29, 0.717) is 12.0 Å². The summed E-state index contributed by atoms with van der Waals surface area (Å²) in [6, 6.07) is 10.2. The van der Waals surface area contributed by atoms with Crippen molar-refractivity contribution in [2.75, 3.05) is 6.61 Å². The quantitative estimate of drug-likeness (QED) is 0.800. The van der Waals surface area contributed by atoms with Gasteiger partial charge in [-0.15, -0.1) is 0 Å². The van der Waals surface area contributed by atoms with Gasteiger partial charge in [-0.05, 0) is 55.7 Å². The molecule has 0 amide bonds. The molecule has 0 atom stereocenters. The largest absolute Gasteiger partial charge is 0.378 e. The fourth-order valence-corrected chi connectivity index (χ4v) is 2.68. The normalized spacial score (nSPS) is 23.6. The van der Waals surface area contributed by atoms with Crippen LogP contribution in [0, 0.1) is 11.3 Å². The van der Waals surface area contributed by atoms with Gasteiger partial charge in [-0.25, -0.2) is 0 Å². The molecule has 0 spiro atoms. The summed E-state index contributed by atoms with van der Waals surface area (Å²) < 4.78 is 5.81. The van der Waals surface area contributed by atoms with Crippen LogP contribution < -0.4 is 0 Å². The van der Waals surface area contributed by atoms with Crippen molar-refractivity contribution >= 4 is 0 Å². The van der Waals surface area contributed by atoms with E-state index < -0.39 is 0 Å². The Bertz CT molecular complexity index is 396. The standard InChI is InChI=1S/C16H21NO/c1-2-11-18-16-9-7-15(8-10-16)14-5-3-13(12-17)4-6-14/h3-6,15-16H,2,7-11H2,1H3. The van der Waals surface area contributed by atoms with Crippen molar-refractivity contribution in [2.24, 2.45) is 0 Å². The minimum atomic E-state index is 0.472. The smallest absolute Gasteiger partial charge is 0.0991 e. The molecule has 1 saturated carbocycles. The van der Waals surface area contributed by atoms with Gasteiger partial charge in [0.15, 0.2) is 0 Å². The maximum absolute atomic E-state index is 8.79. The van der Waals surface area contributed by atoms with Crippen LogP contribution in [0.1, 0.15) is 56.1 Å². The molecule has 18 heavy (non-hydrogen) atoms. The van der Waals surface area contributed by atoms with E-state index in [-0.39, 0.29) is 0 Å². The Morgan fingerprint density at radius 2 is 1.83 bits per heavy atom. The van der Waals surface area contributed by atoms with Gasteiger partial charge in [-0.1, -0.05) is 19.1 Å². The summed E-state index contributed by atoms with van der Waals surface area (Å²) in [6.45, 7) is 3.05. The Hall–Kier alpha value is -1.33. The highest BCUT2D eigenvalue weighted by Gasteiger charge is 2.22. The zero-order chi connectivity index (χ0) is 12.8. The third-order valence-electron chi connectivity index (χ3n) is 3.74. The maximum Gasteiger partial charge on any atom is 0.0991 e. The Kier molecular flexibility index (Phi) is 4.78. The molecule has 0 unspecified atom stereocenters. The van der Waals surface area contributed by atoms with Gasteiger partial charge in [0, 0.05) is 6.61 Å². The van der Waals surface area contributed by atoms with Crippen molar-refractivity contribution in [3.63, 3.8) is 0 Å². The Labute approximate surface area is 110 Å². The van der Waals surface area contributed by atoms with Crippen LogP contribution in [0.25, 0.3) is 0 Å². The van der Waals surface area contributed by atoms with E-state index in [1.54, 1.807) is 0 Å². The number of rotatable bonds is 4. The molecule has 1 fully saturated rings. The molecule has 96 valence electrons. The molecule has 2 nitrogen and oxygen atoms in total. The summed E-state index contributed by atoms with van der Waals surface area (Å²) in [5.41, 5.74) is 2.13. The molecule has 0 bridgehead atoms. The highest BCUT2D eigenvalue weighted by Crippen LogP contribution is 2.34. The molecule has 0 N–H and O–H groups in total. The second-order valence-corrected chi connectivity index (χ2v) is 5.08. The average Bonchev–Trinajstić information content (AvgIpc) is 2.46. The zero-order valence-electron chi connectivity index (χ0n) is 11.1. The first-order valence-corrected chi connectivity index (χ1v) is 6.95. The summed E-state index contributed by atoms with van der Waals surface area (Å²) in [5, 5.41) is 8.79. The highest BCUT2D eigenvalue weighted by atomic mass is 16.5. The SMILES string of the molecule is CCCOC1CCC(c2ccc(C#N)cc2)CC1. The summed E-state index contributed by atoms with van der Waals surface area (Å²) in [7, 11) is 0. The number of hydrogen-bond donors (Lipinski definition) is 0. The molecule has 2 rings (SSSR count). The Morgan fingerprint density at radius 1 is 1.17 bits per heavy atom. The van der Waals surface area contributed by atoms with Crippen molar-refractivity contribution in [3.05, 3.63) is 35.4 Å². The van der Waals surface area contributed by atoms with E-state index in [4.69, 9.17) is 10.00 Å². The highest BCUT2D eigenvalue weighted by molar-refractivity contribution is 5.33. The molecule has 1 aromatic rings. The lowest BCUT2D eigenvalue weighted by Gasteiger charge is -2.28. The first-order valence-electron chi connectivity index (χ1n) is 6.95. The van der Waals surface area contributed by atoms with Crippen LogP contribution in [-0.2, 0) is 4.74 Å². The van der Waals surface area contributed by atoms with Gasteiger partial charge in [-0.3, -0.25) is 0 Å². The second-order valence-electron chi connectivity index (χ2n) is 5.08. The molecule has 0 radical (unpaired) electrons. The third kappa shape index (κ3) is 3.34. The summed E-state index contributed by atoms with van der Waals surface area (Å²) in [6.07, 6.45) is 6.34. The van der Waals surface area contributed by atoms with Gasteiger partial charge in [0.2, 0.25) is 0 Å². The minimum Gasteiger partial charge on any atom is -0.378 e. The summed E-state index contributed by atoms with van der Waals surface area (Å²) >= 11 is 0. The fourth-order valence-electron chi connectivity index (χ4n) is 2.68. The van der Waals surface area contributed by atoms with Crippen molar-refractivity contribution in [1.82, 2.24) is 0 Å². The second kappa shape index (κ2) is 6.56. The number of nitrogens with zero attached hydrogens (tertiary/aromatic N) is 1. The number of benzene rings is 1. The summed E-state index contributed by atoms with van der Waals surface area (Å²) in [4.78, 5) is 0. The van der Waals surface area contributed by atoms with E-state index >= 15 is 0 Å². The van der Waals surface area contributed by atoms with E-state index in [1.807, 2.05) is 12.1 Å². The minimum absolute atomic E-state index is 0.472. The van der Waals surface area contributed by atoms with Crippen molar-refractivity contribution in [1.29, 1.82) is 5.26 Å². The topological polar surface area (TPSA) is 33.0 Å². The van der Waals surface area contributed by atoms with Crippen molar-refractivity contribution < 1.29 is 4.74 Å².